The number of piperazine rings is 1. The Labute approximate surface area is 439 Å². The van der Waals surface area contributed by atoms with E-state index in [2.05, 4.69) is 42.7 Å². The number of alkyl halides is 4. The zero-order valence-electron chi connectivity index (χ0n) is 43.5. The number of aliphatic hydroxyl groups excluding tert-OH is 1. The molecule has 3 fully saturated rings. The fourth-order valence-corrected chi connectivity index (χ4v) is 9.52. The molecule has 17 nitrogen and oxygen atoms in total. The second-order valence-electron chi connectivity index (χ2n) is 20.7. The number of benzene rings is 2. The van der Waals surface area contributed by atoms with Gasteiger partial charge in [-0.15, -0.1) is 0 Å². The fourth-order valence-electron chi connectivity index (χ4n) is 9.52. The number of aliphatic hydroxyl groups is 1. The molecule has 412 valence electrons. The first-order valence-electron chi connectivity index (χ1n) is 24.9. The van der Waals surface area contributed by atoms with Crippen LogP contribution in [0.15, 0.2) is 72.0 Å². The summed E-state index contributed by atoms with van der Waals surface area (Å²) in [6, 6.07) is 13.1. The molecule has 1 aromatic heterocycles. The van der Waals surface area contributed by atoms with Crippen molar-refractivity contribution in [3.05, 3.63) is 101 Å². The number of pyridine rings is 1. The van der Waals surface area contributed by atoms with Crippen LogP contribution in [0.1, 0.15) is 74.8 Å². The van der Waals surface area contributed by atoms with Crippen molar-refractivity contribution in [2.45, 2.75) is 103 Å². The number of hydrogen-bond donors (Lipinski definition) is 5. The smallest absolute Gasteiger partial charge is 0.407 e. The SMILES string of the molecule is COC(=O)C[C@H](C(=O)NN(Cc1ccc(C(C=NC(F)F)=CN)cc1F)C[C@H](O)[C@H](Cc1ccc(C#Cc2ccc(N3CC4CCC(C3)N4C3COC3)nc2)cc1)NC(=O)[C@@H](NC(=O)OC)C(C)(C)CF)C(C)(C)CF. The van der Waals surface area contributed by atoms with Gasteiger partial charge in [-0.3, -0.25) is 33.5 Å². The van der Waals surface area contributed by atoms with E-state index in [-0.39, 0.29) is 23.1 Å². The van der Waals surface area contributed by atoms with Crippen molar-refractivity contribution >= 4 is 41.5 Å². The summed E-state index contributed by atoms with van der Waals surface area (Å²) in [5.41, 5.74) is 7.16. The average molecular weight is 1070 g/mol. The van der Waals surface area contributed by atoms with Crippen molar-refractivity contribution < 1.29 is 60.4 Å². The zero-order chi connectivity index (χ0) is 55.3. The standard InChI is InChI=1S/C54H68F5N9O8/c1-53(2,31-55)42(21-47(70)74-5)49(71)65-67(25-37-15-14-36(20-43(37)57)38(22-60)24-62-51(58)59)28-45(69)44(63-50(72)48(54(3,4)32-56)64-52(73)75-6)19-34-10-7-33(8-11-34)9-12-35-13-18-46(61-23-35)66-26-39-16-17-40(27-66)68(39)41-29-76-30-41/h7-8,10-11,13-15,18,20,22-24,39-42,44-45,48,51,69H,16-17,19,21,25-32,60H2,1-6H3,(H,63,72)(H,64,73)(H,65,71)/t39?,40?,42-,44+,45+,48-/m1/s1. The number of halogens is 5. The average Bonchev–Trinajstić information content (AvgIpc) is 3.61. The number of anilines is 1. The zero-order valence-corrected chi connectivity index (χ0v) is 43.5. The number of ether oxygens (including phenoxy) is 3. The molecule has 3 aliphatic heterocycles. The number of methoxy groups -OCH3 is 2. The van der Waals surface area contributed by atoms with Gasteiger partial charge in [0, 0.05) is 90.0 Å². The molecule has 3 amide bonds. The highest BCUT2D eigenvalue weighted by Crippen LogP contribution is 2.36. The largest absolute Gasteiger partial charge is 0.469 e. The number of rotatable bonds is 23. The fraction of sp³-hybridized carbons (Fsp3) is 0.519. The number of aliphatic imine (C=N–C) groups is 1. The molecule has 6 rings (SSSR count). The lowest BCUT2D eigenvalue weighted by atomic mass is 9.77. The molecule has 6 N–H and O–H groups in total. The third-order valence-electron chi connectivity index (χ3n) is 14.2. The second kappa shape index (κ2) is 26.4. The van der Waals surface area contributed by atoms with Crippen LogP contribution in [0, 0.1) is 34.4 Å². The number of carbonyl (C=O) groups excluding carboxylic acids is 4. The van der Waals surface area contributed by atoms with Gasteiger partial charge in [0.1, 0.15) is 17.7 Å². The van der Waals surface area contributed by atoms with Gasteiger partial charge in [-0.1, -0.05) is 63.8 Å². The lowest BCUT2D eigenvalue weighted by molar-refractivity contribution is -0.148. The van der Waals surface area contributed by atoms with Gasteiger partial charge in [-0.25, -0.2) is 24.2 Å². The molecular weight excluding hydrogens is 998 g/mol. The van der Waals surface area contributed by atoms with E-state index in [1.54, 1.807) is 30.5 Å². The Morgan fingerprint density at radius 1 is 0.921 bits per heavy atom. The lowest BCUT2D eigenvalue weighted by Crippen LogP contribution is -2.62. The first kappa shape index (κ1) is 58.6. The van der Waals surface area contributed by atoms with Crippen molar-refractivity contribution in [1.29, 1.82) is 0 Å². The van der Waals surface area contributed by atoms with Gasteiger partial charge in [0.2, 0.25) is 11.8 Å². The molecule has 4 heterocycles. The molecule has 2 aromatic carbocycles. The quantitative estimate of drug-likeness (QED) is 0.0210. The summed E-state index contributed by atoms with van der Waals surface area (Å²) in [5, 5.41) is 18.4. The highest BCUT2D eigenvalue weighted by Gasteiger charge is 2.46. The monoisotopic (exact) mass is 1070 g/mol. The summed E-state index contributed by atoms with van der Waals surface area (Å²) in [6.45, 7) is 2.83. The van der Waals surface area contributed by atoms with Crippen molar-refractivity contribution in [2.75, 3.05) is 65.3 Å². The summed E-state index contributed by atoms with van der Waals surface area (Å²) in [6.07, 6.45) is 2.46. The topological polar surface area (TPSA) is 213 Å². The number of hydrogen-bond acceptors (Lipinski definition) is 14. The minimum Gasteiger partial charge on any atom is -0.469 e. The molecule has 0 spiro atoms. The number of nitrogens with zero attached hydrogens (tertiary/aromatic N) is 5. The first-order chi connectivity index (χ1) is 36.2. The van der Waals surface area contributed by atoms with Gasteiger partial charge in [-0.2, -0.15) is 8.78 Å². The number of esters is 1. The Kier molecular flexibility index (Phi) is 20.3. The van der Waals surface area contributed by atoms with Crippen LogP contribution in [0.4, 0.5) is 32.6 Å². The summed E-state index contributed by atoms with van der Waals surface area (Å²) in [7, 11) is 2.17. The van der Waals surface area contributed by atoms with Crippen LogP contribution in [0.2, 0.25) is 0 Å². The van der Waals surface area contributed by atoms with E-state index in [9.17, 15) is 41.8 Å². The molecule has 0 saturated carbocycles. The van der Waals surface area contributed by atoms with Gasteiger partial charge >= 0.3 is 18.6 Å². The van der Waals surface area contributed by atoms with Gasteiger partial charge < -0.3 is 40.6 Å². The first-order valence-corrected chi connectivity index (χ1v) is 24.9. The van der Waals surface area contributed by atoms with Crippen LogP contribution in [-0.2, 0) is 41.6 Å². The molecule has 22 heteroatoms. The molecule has 3 saturated heterocycles. The summed E-state index contributed by atoms with van der Waals surface area (Å²) in [5.74, 6) is 2.32. The molecule has 0 radical (unpaired) electrons. The Bertz CT molecular complexity index is 2600. The summed E-state index contributed by atoms with van der Waals surface area (Å²) < 4.78 is 85.7. The molecular formula is C54H68F5N9O8. The Morgan fingerprint density at radius 3 is 2.13 bits per heavy atom. The van der Waals surface area contributed by atoms with Crippen molar-refractivity contribution in [2.24, 2.45) is 27.5 Å². The normalized spacial score (nSPS) is 18.8. The van der Waals surface area contributed by atoms with Crippen LogP contribution in [0.3, 0.4) is 0 Å². The second-order valence-corrected chi connectivity index (χ2v) is 20.7. The maximum Gasteiger partial charge on any atom is 0.407 e. The Morgan fingerprint density at radius 2 is 1.58 bits per heavy atom. The van der Waals surface area contributed by atoms with Gasteiger partial charge in [-0.05, 0) is 60.7 Å². The molecule has 2 unspecified atom stereocenters. The lowest BCUT2D eigenvalue weighted by Gasteiger charge is -2.47. The summed E-state index contributed by atoms with van der Waals surface area (Å²) in [4.78, 5) is 66.0. The van der Waals surface area contributed by atoms with E-state index in [4.69, 9.17) is 24.9 Å². The number of nitrogens with two attached hydrogens (primary N) is 1. The highest BCUT2D eigenvalue weighted by molar-refractivity contribution is 6.09. The van der Waals surface area contributed by atoms with Crippen LogP contribution in [-0.4, -0.2) is 153 Å². The number of aromatic nitrogens is 1. The maximum atomic E-state index is 16.0. The van der Waals surface area contributed by atoms with Crippen LogP contribution >= 0.6 is 0 Å². The van der Waals surface area contributed by atoms with E-state index >= 15 is 4.39 Å². The number of amides is 3. The molecule has 2 bridgehead atoms. The predicted molar refractivity (Wildman–Crippen MR) is 274 cm³/mol. The van der Waals surface area contributed by atoms with E-state index in [1.165, 1.54) is 39.8 Å². The number of allylic oxidation sites excluding steroid dienone is 1. The van der Waals surface area contributed by atoms with Gasteiger partial charge in [0.25, 0.3) is 0 Å². The van der Waals surface area contributed by atoms with Crippen molar-refractivity contribution in [3.8, 4) is 11.8 Å². The molecule has 3 aliphatic rings. The van der Waals surface area contributed by atoms with Crippen LogP contribution in [0.25, 0.3) is 5.57 Å². The Hall–Kier alpha value is -6.67. The predicted octanol–water partition coefficient (Wildman–Crippen LogP) is 5.08. The number of hydrazine groups is 1. The molecule has 76 heavy (non-hydrogen) atoms. The number of fused-ring (bicyclic) bond motifs is 2. The molecule has 3 aromatic rings. The van der Waals surface area contributed by atoms with E-state index in [0.29, 0.717) is 34.8 Å². The number of nitrogens with one attached hydrogen (secondary N) is 3. The van der Waals surface area contributed by atoms with Gasteiger partial charge in [0.05, 0.1) is 71.3 Å². The maximum absolute atomic E-state index is 16.0. The van der Waals surface area contributed by atoms with Crippen molar-refractivity contribution in [1.82, 2.24) is 31.0 Å². The van der Waals surface area contributed by atoms with Gasteiger partial charge in [0.15, 0.2) is 0 Å². The Balaban J connectivity index is 1.26. The molecule has 6 atom stereocenters. The van der Waals surface area contributed by atoms with Crippen LogP contribution in [0.5, 0.6) is 0 Å². The van der Waals surface area contributed by atoms with Crippen LogP contribution < -0.4 is 26.7 Å². The summed E-state index contributed by atoms with van der Waals surface area (Å²) >= 11 is 0. The third kappa shape index (κ3) is 15.3. The van der Waals surface area contributed by atoms with E-state index < -0.39 is 104 Å². The highest BCUT2D eigenvalue weighted by atomic mass is 19.3. The minimum absolute atomic E-state index is 0.0333. The van der Waals surface area contributed by atoms with E-state index in [1.807, 2.05) is 12.1 Å². The minimum atomic E-state index is -3.06. The number of alkyl carbamates (subject to hydrolysis) is 1. The van der Waals surface area contributed by atoms with Crippen molar-refractivity contribution in [3.63, 3.8) is 0 Å². The molecule has 0 aliphatic carbocycles. The third-order valence-corrected chi connectivity index (χ3v) is 14.2. The number of carbonyl (C=O) groups is 4. The van der Waals surface area contributed by atoms with E-state index in [0.717, 1.165) is 82.7 Å².